The molecule has 0 spiro atoms. The molecule has 42 heavy (non-hydrogen) atoms. The fourth-order valence-corrected chi connectivity index (χ4v) is 5.59. The molecule has 0 amide bonds. The second-order valence-corrected chi connectivity index (χ2v) is 12.4. The first-order valence-corrected chi connectivity index (χ1v) is 18.2. The number of rotatable bonds is 31. The van der Waals surface area contributed by atoms with Crippen LogP contribution in [0.25, 0.3) is 0 Å². The monoisotopic (exact) mass is 589 g/mol. The maximum atomic E-state index is 12.2. The molecule has 0 atom stereocenters. The van der Waals surface area contributed by atoms with Crippen molar-refractivity contribution in [2.75, 3.05) is 20.3 Å². The van der Waals surface area contributed by atoms with E-state index in [1.807, 2.05) is 6.07 Å². The van der Waals surface area contributed by atoms with Gasteiger partial charge >= 0.3 is 5.97 Å². The summed E-state index contributed by atoms with van der Waals surface area (Å²) in [5, 5.41) is 0. The van der Waals surface area contributed by atoms with E-state index in [4.69, 9.17) is 14.2 Å². The molecule has 0 aromatic heterocycles. The van der Waals surface area contributed by atoms with E-state index in [0.29, 0.717) is 30.3 Å². The van der Waals surface area contributed by atoms with Crippen LogP contribution < -0.4 is 9.47 Å². The Bertz CT molecular complexity index is 682. The molecule has 1 aromatic rings. The van der Waals surface area contributed by atoms with E-state index in [1.165, 1.54) is 161 Å². The molecule has 0 saturated heterocycles. The number of hydrogen-bond acceptors (Lipinski definition) is 4. The molecule has 0 unspecified atom stereocenters. The van der Waals surface area contributed by atoms with Crippen LogP contribution in [-0.4, -0.2) is 26.3 Å². The maximum absolute atomic E-state index is 12.2. The molecule has 0 N–H and O–H groups in total. The van der Waals surface area contributed by atoms with Crippen molar-refractivity contribution in [3.63, 3.8) is 0 Å². The van der Waals surface area contributed by atoms with E-state index in [2.05, 4.69) is 13.8 Å². The predicted molar refractivity (Wildman–Crippen MR) is 180 cm³/mol. The second-order valence-electron chi connectivity index (χ2n) is 12.4. The minimum Gasteiger partial charge on any atom is -0.493 e. The summed E-state index contributed by atoms with van der Waals surface area (Å²) in [4.78, 5) is 12.2. The zero-order valence-electron chi connectivity index (χ0n) is 28.2. The lowest BCUT2D eigenvalue weighted by Crippen LogP contribution is -2.05. The van der Waals surface area contributed by atoms with E-state index in [0.717, 1.165) is 12.8 Å². The van der Waals surface area contributed by atoms with Crippen LogP contribution in [0.15, 0.2) is 18.2 Å². The zero-order valence-corrected chi connectivity index (χ0v) is 28.2. The third kappa shape index (κ3) is 22.8. The minimum atomic E-state index is -0.354. The first-order chi connectivity index (χ1) is 20.7. The highest BCUT2D eigenvalue weighted by molar-refractivity contribution is 5.90. The molecular weight excluding hydrogens is 520 g/mol. The summed E-state index contributed by atoms with van der Waals surface area (Å²) in [7, 11) is 1.41. The van der Waals surface area contributed by atoms with Crippen molar-refractivity contribution < 1.29 is 19.0 Å². The fraction of sp³-hybridized carbons (Fsp3) is 0.816. The van der Waals surface area contributed by atoms with Gasteiger partial charge in [-0.2, -0.15) is 0 Å². The van der Waals surface area contributed by atoms with Crippen LogP contribution in [0.4, 0.5) is 0 Å². The largest absolute Gasteiger partial charge is 0.493 e. The summed E-state index contributed by atoms with van der Waals surface area (Å²) in [6.07, 6.45) is 34.7. The Morgan fingerprint density at radius 2 is 0.738 bits per heavy atom. The Morgan fingerprint density at radius 1 is 0.452 bits per heavy atom. The number of unbranched alkanes of at least 4 members (excludes halogenated alkanes) is 24. The van der Waals surface area contributed by atoms with Gasteiger partial charge in [-0.3, -0.25) is 0 Å². The molecule has 4 heteroatoms. The Kier molecular flexibility index (Phi) is 26.8. The minimum absolute atomic E-state index is 0.354. The quantitative estimate of drug-likeness (QED) is 0.0639. The fourth-order valence-electron chi connectivity index (χ4n) is 5.59. The Hall–Kier alpha value is -1.71. The van der Waals surface area contributed by atoms with Gasteiger partial charge in [0.1, 0.15) is 11.5 Å². The van der Waals surface area contributed by atoms with Crippen LogP contribution >= 0.6 is 0 Å². The van der Waals surface area contributed by atoms with Crippen molar-refractivity contribution >= 4 is 5.97 Å². The summed E-state index contributed by atoms with van der Waals surface area (Å²) in [6, 6.07) is 5.45. The van der Waals surface area contributed by atoms with Gasteiger partial charge in [-0.15, -0.1) is 0 Å². The summed E-state index contributed by atoms with van der Waals surface area (Å²) >= 11 is 0. The lowest BCUT2D eigenvalue weighted by molar-refractivity contribution is 0.0599. The average molecular weight is 589 g/mol. The normalized spacial score (nSPS) is 11.1. The van der Waals surface area contributed by atoms with Crippen LogP contribution in [0.3, 0.4) is 0 Å². The molecule has 4 nitrogen and oxygen atoms in total. The number of hydrogen-bond donors (Lipinski definition) is 0. The molecular formula is C38H68O4. The van der Waals surface area contributed by atoms with Gasteiger partial charge in [0.05, 0.1) is 25.9 Å². The van der Waals surface area contributed by atoms with Gasteiger partial charge < -0.3 is 14.2 Å². The Labute approximate surface area is 261 Å². The number of carbonyl (C=O) groups is 1. The van der Waals surface area contributed by atoms with Gasteiger partial charge in [0.2, 0.25) is 0 Å². The molecule has 0 aliphatic carbocycles. The van der Waals surface area contributed by atoms with Gasteiger partial charge in [-0.1, -0.05) is 168 Å². The van der Waals surface area contributed by atoms with Gasteiger partial charge in [0.15, 0.2) is 0 Å². The molecule has 1 aromatic carbocycles. The van der Waals surface area contributed by atoms with Crippen molar-refractivity contribution in [3.8, 4) is 11.5 Å². The molecule has 0 radical (unpaired) electrons. The summed E-state index contributed by atoms with van der Waals surface area (Å²) in [5.41, 5.74) is 0.487. The van der Waals surface area contributed by atoms with Crippen molar-refractivity contribution in [1.82, 2.24) is 0 Å². The highest BCUT2D eigenvalue weighted by Gasteiger charge is 2.11. The van der Waals surface area contributed by atoms with E-state index in [1.54, 1.807) is 12.1 Å². The first kappa shape index (κ1) is 38.3. The van der Waals surface area contributed by atoms with Crippen LogP contribution in [0.1, 0.15) is 191 Å². The lowest BCUT2D eigenvalue weighted by Gasteiger charge is -2.12. The topological polar surface area (TPSA) is 44.8 Å². The number of carbonyl (C=O) groups excluding carboxylic acids is 1. The van der Waals surface area contributed by atoms with E-state index < -0.39 is 0 Å². The summed E-state index contributed by atoms with van der Waals surface area (Å²) in [6.45, 7) is 5.89. The van der Waals surface area contributed by atoms with Crippen molar-refractivity contribution in [3.05, 3.63) is 23.8 Å². The predicted octanol–water partition coefficient (Wildman–Crippen LogP) is 12.4. The molecule has 0 bridgehead atoms. The van der Waals surface area contributed by atoms with E-state index in [-0.39, 0.29) is 5.97 Å². The van der Waals surface area contributed by atoms with Gasteiger partial charge in [0.25, 0.3) is 0 Å². The average Bonchev–Trinajstić information content (AvgIpc) is 3.00. The Morgan fingerprint density at radius 3 is 1.02 bits per heavy atom. The van der Waals surface area contributed by atoms with Crippen molar-refractivity contribution in [2.24, 2.45) is 0 Å². The molecule has 244 valence electrons. The molecule has 0 aliphatic heterocycles. The smallest absolute Gasteiger partial charge is 0.338 e. The van der Waals surface area contributed by atoms with Crippen molar-refractivity contribution in [1.29, 1.82) is 0 Å². The number of esters is 1. The molecule has 0 aliphatic rings. The van der Waals surface area contributed by atoms with Gasteiger partial charge in [0, 0.05) is 6.07 Å². The third-order valence-electron chi connectivity index (χ3n) is 8.33. The molecule has 0 heterocycles. The third-order valence-corrected chi connectivity index (χ3v) is 8.33. The van der Waals surface area contributed by atoms with Crippen LogP contribution in [0, 0.1) is 0 Å². The first-order valence-electron chi connectivity index (χ1n) is 18.2. The molecule has 0 fully saturated rings. The number of ether oxygens (including phenoxy) is 3. The number of methoxy groups -OCH3 is 1. The zero-order chi connectivity index (χ0) is 30.4. The van der Waals surface area contributed by atoms with E-state index >= 15 is 0 Å². The number of benzene rings is 1. The van der Waals surface area contributed by atoms with Crippen molar-refractivity contribution in [2.45, 2.75) is 181 Å². The molecule has 1 rings (SSSR count). The second kappa shape index (κ2) is 29.4. The summed E-state index contributed by atoms with van der Waals surface area (Å²) < 4.78 is 17.0. The standard InChI is InChI=1S/C38H68O4/c1-4-6-8-10-12-14-16-18-20-22-24-26-28-30-41-36-32-35(38(39)40-3)33-37(34-36)42-31-29-27-25-23-21-19-17-15-13-11-9-7-5-2/h32-34H,4-31H2,1-3H3. The lowest BCUT2D eigenvalue weighted by atomic mass is 10.0. The van der Waals surface area contributed by atoms with Gasteiger partial charge in [-0.05, 0) is 25.0 Å². The highest BCUT2D eigenvalue weighted by Crippen LogP contribution is 2.25. The van der Waals surface area contributed by atoms with E-state index in [9.17, 15) is 4.79 Å². The van der Waals surface area contributed by atoms with Crippen LogP contribution in [-0.2, 0) is 4.74 Å². The van der Waals surface area contributed by atoms with Crippen LogP contribution in [0.5, 0.6) is 11.5 Å². The maximum Gasteiger partial charge on any atom is 0.338 e. The summed E-state index contributed by atoms with van der Waals surface area (Å²) in [5.74, 6) is 1.03. The Balaban J connectivity index is 2.13. The highest BCUT2D eigenvalue weighted by atomic mass is 16.5. The van der Waals surface area contributed by atoms with Gasteiger partial charge in [-0.25, -0.2) is 4.79 Å². The SMILES string of the molecule is CCCCCCCCCCCCCCCOc1cc(OCCCCCCCCCCCCCCC)cc(C(=O)OC)c1. The van der Waals surface area contributed by atoms with Crippen LogP contribution in [0.2, 0.25) is 0 Å². The molecule has 0 saturated carbocycles.